The smallest absolute Gasteiger partial charge is 0.326 e. The van der Waals surface area contributed by atoms with E-state index in [2.05, 4.69) is 10.3 Å². The number of carbonyl (C=O) groups excluding carboxylic acids is 1. The first kappa shape index (κ1) is 16.3. The molecule has 0 aliphatic rings. The van der Waals surface area contributed by atoms with Gasteiger partial charge in [-0.15, -0.1) is 0 Å². The Hall–Kier alpha value is -3.61. The van der Waals surface area contributed by atoms with E-state index in [-0.39, 0.29) is 5.69 Å². The minimum absolute atomic E-state index is 0.113. The van der Waals surface area contributed by atoms with Crippen LogP contribution in [0.1, 0.15) is 16.1 Å². The van der Waals surface area contributed by atoms with Gasteiger partial charge in [0.1, 0.15) is 18.1 Å². The molecule has 126 valence electrons. The standard InChI is InChI=1S/C18H15N3O4/c22-16-10-15(20-18(24)21-16)17(23)19-13-6-8-14(9-7-13)25-11-12-4-2-1-3-5-12/h1-10H,11H2,(H,19,23)(H2,20,21,22,24). The predicted molar refractivity (Wildman–Crippen MR) is 92.9 cm³/mol. The summed E-state index contributed by atoms with van der Waals surface area (Å²) < 4.78 is 5.66. The normalized spacial score (nSPS) is 10.2. The van der Waals surface area contributed by atoms with Crippen molar-refractivity contribution in [2.45, 2.75) is 6.61 Å². The number of benzene rings is 2. The van der Waals surface area contributed by atoms with Gasteiger partial charge in [0.2, 0.25) is 0 Å². The van der Waals surface area contributed by atoms with Crippen LogP contribution in [0.2, 0.25) is 0 Å². The van der Waals surface area contributed by atoms with Gasteiger partial charge in [-0.05, 0) is 29.8 Å². The van der Waals surface area contributed by atoms with E-state index in [9.17, 15) is 14.4 Å². The molecule has 1 aromatic heterocycles. The van der Waals surface area contributed by atoms with Crippen LogP contribution >= 0.6 is 0 Å². The molecule has 7 heteroatoms. The molecular weight excluding hydrogens is 322 g/mol. The number of anilines is 1. The summed E-state index contributed by atoms with van der Waals surface area (Å²) in [5, 5.41) is 2.60. The van der Waals surface area contributed by atoms with E-state index < -0.39 is 17.2 Å². The van der Waals surface area contributed by atoms with Crippen LogP contribution in [0, 0.1) is 0 Å². The summed E-state index contributed by atoms with van der Waals surface area (Å²) in [6.45, 7) is 0.445. The van der Waals surface area contributed by atoms with Gasteiger partial charge in [0, 0.05) is 11.8 Å². The third kappa shape index (κ3) is 4.44. The summed E-state index contributed by atoms with van der Waals surface area (Å²) in [4.78, 5) is 38.7. The van der Waals surface area contributed by atoms with Gasteiger partial charge >= 0.3 is 5.69 Å². The first-order valence-corrected chi connectivity index (χ1v) is 7.52. The lowest BCUT2D eigenvalue weighted by Gasteiger charge is -2.08. The van der Waals surface area contributed by atoms with E-state index in [0.717, 1.165) is 11.6 Å². The molecular formula is C18H15N3O4. The highest BCUT2D eigenvalue weighted by Crippen LogP contribution is 2.17. The van der Waals surface area contributed by atoms with Crippen LogP contribution in [-0.4, -0.2) is 15.9 Å². The fourth-order valence-corrected chi connectivity index (χ4v) is 2.16. The number of hydrogen-bond acceptors (Lipinski definition) is 4. The van der Waals surface area contributed by atoms with Crippen molar-refractivity contribution in [3.05, 3.63) is 92.8 Å². The number of carbonyl (C=O) groups is 1. The highest BCUT2D eigenvalue weighted by atomic mass is 16.5. The number of amides is 1. The van der Waals surface area contributed by atoms with Gasteiger partial charge in [0.05, 0.1) is 0 Å². The average Bonchev–Trinajstić information content (AvgIpc) is 2.61. The molecule has 1 amide bonds. The van der Waals surface area contributed by atoms with Crippen molar-refractivity contribution in [2.75, 3.05) is 5.32 Å². The lowest BCUT2D eigenvalue weighted by atomic mass is 10.2. The minimum Gasteiger partial charge on any atom is -0.489 e. The molecule has 0 saturated carbocycles. The maximum absolute atomic E-state index is 12.0. The molecule has 0 radical (unpaired) electrons. The molecule has 7 nitrogen and oxygen atoms in total. The summed E-state index contributed by atoms with van der Waals surface area (Å²) in [5.74, 6) is 0.0765. The van der Waals surface area contributed by atoms with Gasteiger partial charge in [-0.1, -0.05) is 30.3 Å². The summed E-state index contributed by atoms with van der Waals surface area (Å²) in [7, 11) is 0. The Morgan fingerprint density at radius 2 is 1.68 bits per heavy atom. The zero-order valence-electron chi connectivity index (χ0n) is 13.1. The summed E-state index contributed by atoms with van der Waals surface area (Å²) >= 11 is 0. The Morgan fingerprint density at radius 3 is 2.36 bits per heavy atom. The highest BCUT2D eigenvalue weighted by molar-refractivity contribution is 6.02. The quantitative estimate of drug-likeness (QED) is 0.661. The molecule has 25 heavy (non-hydrogen) atoms. The maximum atomic E-state index is 12.0. The SMILES string of the molecule is O=C(Nc1ccc(OCc2ccccc2)cc1)c1cc(=O)[nH]c(=O)[nH]1. The van der Waals surface area contributed by atoms with E-state index in [1.54, 1.807) is 24.3 Å². The fourth-order valence-electron chi connectivity index (χ4n) is 2.16. The van der Waals surface area contributed by atoms with Gasteiger partial charge in [-0.2, -0.15) is 0 Å². The van der Waals surface area contributed by atoms with Crippen molar-refractivity contribution >= 4 is 11.6 Å². The molecule has 0 saturated heterocycles. The van der Waals surface area contributed by atoms with Gasteiger partial charge < -0.3 is 15.0 Å². The third-order valence-corrected chi connectivity index (χ3v) is 3.37. The van der Waals surface area contributed by atoms with E-state index >= 15 is 0 Å². The largest absolute Gasteiger partial charge is 0.489 e. The van der Waals surface area contributed by atoms with Gasteiger partial charge in [0.15, 0.2) is 0 Å². The number of aromatic nitrogens is 2. The topological polar surface area (TPSA) is 104 Å². The van der Waals surface area contributed by atoms with Crippen LogP contribution in [-0.2, 0) is 6.61 Å². The Kier molecular flexibility index (Phi) is 4.75. The molecule has 0 fully saturated rings. The molecule has 0 spiro atoms. The molecule has 0 aliphatic carbocycles. The first-order valence-electron chi connectivity index (χ1n) is 7.52. The molecule has 0 unspecified atom stereocenters. The van der Waals surface area contributed by atoms with E-state index in [1.165, 1.54) is 0 Å². The number of H-pyrrole nitrogens is 2. The molecule has 3 N–H and O–H groups in total. The summed E-state index contributed by atoms with van der Waals surface area (Å²) in [5.41, 5.74) is 0.0790. The second-order valence-corrected chi connectivity index (χ2v) is 5.25. The van der Waals surface area contributed by atoms with Gasteiger partial charge in [0.25, 0.3) is 11.5 Å². The van der Waals surface area contributed by atoms with Crippen LogP contribution in [0.5, 0.6) is 5.75 Å². The lowest BCUT2D eigenvalue weighted by Crippen LogP contribution is -2.27. The molecule has 0 aliphatic heterocycles. The molecule has 1 heterocycles. The first-order chi connectivity index (χ1) is 12.1. The van der Waals surface area contributed by atoms with E-state index in [1.807, 2.05) is 35.3 Å². The van der Waals surface area contributed by atoms with Gasteiger partial charge in [-0.3, -0.25) is 14.6 Å². The Morgan fingerprint density at radius 1 is 0.960 bits per heavy atom. The molecule has 2 aromatic carbocycles. The number of ether oxygens (including phenoxy) is 1. The Labute approximate surface area is 142 Å². The second kappa shape index (κ2) is 7.31. The molecule has 3 rings (SSSR count). The Balaban J connectivity index is 1.63. The predicted octanol–water partition coefficient (Wildman–Crippen LogP) is 1.89. The van der Waals surface area contributed by atoms with Crippen molar-refractivity contribution < 1.29 is 9.53 Å². The maximum Gasteiger partial charge on any atom is 0.326 e. The fraction of sp³-hybridized carbons (Fsp3) is 0.0556. The van der Waals surface area contributed by atoms with Crippen LogP contribution in [0.3, 0.4) is 0 Å². The number of nitrogens with one attached hydrogen (secondary N) is 3. The Bertz CT molecular complexity index is 947. The lowest BCUT2D eigenvalue weighted by molar-refractivity contribution is 0.102. The van der Waals surface area contributed by atoms with Crippen LogP contribution in [0.15, 0.2) is 70.3 Å². The number of rotatable bonds is 5. The van der Waals surface area contributed by atoms with Crippen LogP contribution in [0.4, 0.5) is 5.69 Å². The molecule has 3 aromatic rings. The molecule has 0 bridgehead atoms. The number of hydrogen-bond donors (Lipinski definition) is 3. The monoisotopic (exact) mass is 337 g/mol. The van der Waals surface area contributed by atoms with Crippen LogP contribution < -0.4 is 21.3 Å². The minimum atomic E-state index is -0.734. The second-order valence-electron chi connectivity index (χ2n) is 5.25. The number of aromatic amines is 2. The van der Waals surface area contributed by atoms with Crippen molar-refractivity contribution in [2.24, 2.45) is 0 Å². The van der Waals surface area contributed by atoms with Crippen molar-refractivity contribution in [1.29, 1.82) is 0 Å². The van der Waals surface area contributed by atoms with E-state index in [0.29, 0.717) is 18.0 Å². The molecule has 0 atom stereocenters. The summed E-state index contributed by atoms with van der Waals surface area (Å²) in [6.07, 6.45) is 0. The zero-order valence-corrected chi connectivity index (χ0v) is 13.1. The van der Waals surface area contributed by atoms with E-state index in [4.69, 9.17) is 4.74 Å². The third-order valence-electron chi connectivity index (χ3n) is 3.37. The van der Waals surface area contributed by atoms with Crippen LogP contribution in [0.25, 0.3) is 0 Å². The average molecular weight is 337 g/mol. The van der Waals surface area contributed by atoms with Gasteiger partial charge in [-0.25, -0.2) is 4.79 Å². The highest BCUT2D eigenvalue weighted by Gasteiger charge is 2.08. The summed E-state index contributed by atoms with van der Waals surface area (Å²) in [6, 6.07) is 17.6. The van der Waals surface area contributed by atoms with Crippen molar-refractivity contribution in [1.82, 2.24) is 9.97 Å². The van der Waals surface area contributed by atoms with Crippen molar-refractivity contribution in [3.63, 3.8) is 0 Å². The zero-order chi connectivity index (χ0) is 17.6. The van der Waals surface area contributed by atoms with Crippen molar-refractivity contribution in [3.8, 4) is 5.75 Å².